The van der Waals surface area contributed by atoms with Crippen LogP contribution < -0.4 is 4.72 Å². The molecular formula is C11H6BrCl2NO4S2. The minimum atomic E-state index is -3.87. The molecule has 0 bridgehead atoms. The summed E-state index contributed by atoms with van der Waals surface area (Å²) in [6.45, 7) is 0. The maximum absolute atomic E-state index is 12.2. The molecule has 0 saturated heterocycles. The Hall–Kier alpha value is -0.800. The van der Waals surface area contributed by atoms with Gasteiger partial charge < -0.3 is 5.11 Å². The fraction of sp³-hybridized carbons (Fsp3) is 0. The molecule has 1 heterocycles. The molecule has 1 aromatic heterocycles. The Morgan fingerprint density at radius 1 is 1.29 bits per heavy atom. The Morgan fingerprint density at radius 3 is 2.29 bits per heavy atom. The van der Waals surface area contributed by atoms with E-state index in [1.807, 2.05) is 0 Å². The van der Waals surface area contributed by atoms with Gasteiger partial charge in [0.15, 0.2) is 4.21 Å². The molecule has 21 heavy (non-hydrogen) atoms. The normalized spacial score (nSPS) is 11.4. The number of thiophene rings is 1. The fourth-order valence-electron chi connectivity index (χ4n) is 1.45. The summed E-state index contributed by atoms with van der Waals surface area (Å²) >= 11 is 16.0. The molecule has 112 valence electrons. The Labute approximate surface area is 142 Å². The fourth-order valence-corrected chi connectivity index (χ4v) is 5.58. The molecule has 0 aliphatic carbocycles. The van der Waals surface area contributed by atoms with Gasteiger partial charge in [0.1, 0.15) is 0 Å². The van der Waals surface area contributed by atoms with Crippen LogP contribution in [0, 0.1) is 0 Å². The number of rotatable bonds is 4. The molecule has 10 heteroatoms. The lowest BCUT2D eigenvalue weighted by atomic mass is 10.2. The van der Waals surface area contributed by atoms with Crippen LogP contribution in [-0.4, -0.2) is 19.5 Å². The molecule has 2 N–H and O–H groups in total. The number of benzene rings is 1. The number of halogens is 3. The monoisotopic (exact) mass is 429 g/mol. The van der Waals surface area contributed by atoms with E-state index in [9.17, 15) is 13.2 Å². The second-order valence-electron chi connectivity index (χ2n) is 3.78. The summed E-state index contributed by atoms with van der Waals surface area (Å²) in [6, 6.07) is 3.84. The lowest BCUT2D eigenvalue weighted by molar-refractivity contribution is 0.0697. The van der Waals surface area contributed by atoms with E-state index in [0.717, 1.165) is 23.5 Å². The summed E-state index contributed by atoms with van der Waals surface area (Å²) in [4.78, 5) is 10.9. The van der Waals surface area contributed by atoms with E-state index in [4.69, 9.17) is 28.3 Å². The van der Waals surface area contributed by atoms with Crippen molar-refractivity contribution < 1.29 is 18.3 Å². The van der Waals surface area contributed by atoms with Crippen LogP contribution in [-0.2, 0) is 10.0 Å². The molecule has 0 spiro atoms. The van der Waals surface area contributed by atoms with Gasteiger partial charge in [0.25, 0.3) is 10.0 Å². The molecular weight excluding hydrogens is 425 g/mol. The first-order valence-corrected chi connectivity index (χ1v) is 9.11. The highest BCUT2D eigenvalue weighted by atomic mass is 79.9. The summed E-state index contributed by atoms with van der Waals surface area (Å²) in [5.41, 5.74) is -0.200. The number of hydrogen-bond donors (Lipinski definition) is 2. The number of anilines is 1. The van der Waals surface area contributed by atoms with Crippen molar-refractivity contribution in [2.45, 2.75) is 4.21 Å². The molecule has 0 amide bonds. The predicted octanol–water partition coefficient (Wildman–Crippen LogP) is 4.32. The van der Waals surface area contributed by atoms with Crippen molar-refractivity contribution in [2.24, 2.45) is 0 Å². The molecule has 0 aliphatic heterocycles. The van der Waals surface area contributed by atoms with Crippen molar-refractivity contribution in [2.75, 3.05) is 4.72 Å². The number of nitrogens with one attached hydrogen (secondary N) is 1. The van der Waals surface area contributed by atoms with Crippen LogP contribution in [0.1, 0.15) is 10.4 Å². The van der Waals surface area contributed by atoms with Gasteiger partial charge in [0, 0.05) is 4.47 Å². The van der Waals surface area contributed by atoms with Crippen molar-refractivity contribution in [3.05, 3.63) is 43.7 Å². The molecule has 0 atom stereocenters. The van der Waals surface area contributed by atoms with Gasteiger partial charge in [-0.05, 0) is 39.5 Å². The minimum Gasteiger partial charge on any atom is -0.478 e. The van der Waals surface area contributed by atoms with Gasteiger partial charge in [-0.25, -0.2) is 13.2 Å². The van der Waals surface area contributed by atoms with E-state index in [0.29, 0.717) is 4.47 Å². The summed E-state index contributed by atoms with van der Waals surface area (Å²) in [5, 5.41) is 10.3. The highest BCUT2D eigenvalue weighted by Crippen LogP contribution is 2.36. The molecule has 2 aromatic rings. The predicted molar refractivity (Wildman–Crippen MR) is 86.2 cm³/mol. The standard InChI is InChI=1S/C11H6BrCl2NO4S2/c12-6-1-2-20-11(6)21(18,19)15-9-7(13)3-5(10(16)17)4-8(9)14/h1-4,15H,(H,16,17). The summed E-state index contributed by atoms with van der Waals surface area (Å²) in [7, 11) is -3.87. The third-order valence-electron chi connectivity index (χ3n) is 2.35. The number of carboxylic acid groups (broad SMARTS) is 1. The van der Waals surface area contributed by atoms with E-state index in [1.165, 1.54) is 0 Å². The SMILES string of the molecule is O=C(O)c1cc(Cl)c(NS(=O)(=O)c2sccc2Br)c(Cl)c1. The zero-order valence-corrected chi connectivity index (χ0v) is 14.7. The third-order valence-corrected chi connectivity index (χ3v) is 6.97. The van der Waals surface area contributed by atoms with Crippen LogP contribution in [0.25, 0.3) is 0 Å². The smallest absolute Gasteiger partial charge is 0.335 e. The lowest BCUT2D eigenvalue weighted by Gasteiger charge is -2.11. The number of sulfonamides is 1. The molecule has 1 aromatic carbocycles. The molecule has 0 radical (unpaired) electrons. The van der Waals surface area contributed by atoms with Crippen LogP contribution in [0.15, 0.2) is 32.3 Å². The van der Waals surface area contributed by atoms with Gasteiger partial charge in [-0.15, -0.1) is 11.3 Å². The summed E-state index contributed by atoms with van der Waals surface area (Å²) in [5.74, 6) is -1.21. The molecule has 0 saturated carbocycles. The second-order valence-corrected chi connectivity index (χ2v) is 8.24. The zero-order valence-electron chi connectivity index (χ0n) is 9.93. The summed E-state index contributed by atoms with van der Waals surface area (Å²) in [6.07, 6.45) is 0. The van der Waals surface area contributed by atoms with E-state index in [2.05, 4.69) is 20.7 Å². The number of aromatic carboxylic acids is 1. The maximum Gasteiger partial charge on any atom is 0.335 e. The van der Waals surface area contributed by atoms with Crippen molar-refractivity contribution in [1.82, 2.24) is 0 Å². The first-order chi connectivity index (χ1) is 9.72. The van der Waals surface area contributed by atoms with Gasteiger partial charge >= 0.3 is 5.97 Å². The Morgan fingerprint density at radius 2 is 1.86 bits per heavy atom. The first-order valence-electron chi connectivity index (χ1n) is 5.20. The Kier molecular flexibility index (Phi) is 4.84. The first kappa shape index (κ1) is 16.6. The van der Waals surface area contributed by atoms with E-state index < -0.39 is 16.0 Å². The average Bonchev–Trinajstić information content (AvgIpc) is 2.80. The van der Waals surface area contributed by atoms with E-state index in [-0.39, 0.29) is 25.5 Å². The second kappa shape index (κ2) is 6.13. The summed E-state index contributed by atoms with van der Waals surface area (Å²) < 4.78 is 27.2. The topological polar surface area (TPSA) is 83.5 Å². The number of carbonyl (C=O) groups is 1. The maximum atomic E-state index is 12.2. The third kappa shape index (κ3) is 3.51. The van der Waals surface area contributed by atoms with Gasteiger partial charge in [-0.3, -0.25) is 4.72 Å². The Balaban J connectivity index is 2.45. The van der Waals surface area contributed by atoms with Gasteiger partial charge in [-0.2, -0.15) is 0 Å². The van der Waals surface area contributed by atoms with Crippen molar-refractivity contribution in [3.8, 4) is 0 Å². The van der Waals surface area contributed by atoms with E-state index >= 15 is 0 Å². The average molecular weight is 431 g/mol. The quantitative estimate of drug-likeness (QED) is 0.756. The minimum absolute atomic E-state index is 0.0661. The van der Waals surface area contributed by atoms with Crippen molar-refractivity contribution >= 4 is 72.1 Å². The van der Waals surface area contributed by atoms with Crippen LogP contribution >= 0.6 is 50.5 Å². The molecule has 5 nitrogen and oxygen atoms in total. The molecule has 2 rings (SSSR count). The highest BCUT2D eigenvalue weighted by Gasteiger charge is 2.22. The number of carboxylic acids is 1. The molecule has 0 aliphatic rings. The number of hydrogen-bond acceptors (Lipinski definition) is 4. The van der Waals surface area contributed by atoms with Crippen LogP contribution in [0.5, 0.6) is 0 Å². The lowest BCUT2D eigenvalue weighted by Crippen LogP contribution is -2.13. The van der Waals surface area contributed by atoms with Crippen LogP contribution in [0.4, 0.5) is 5.69 Å². The van der Waals surface area contributed by atoms with Gasteiger partial charge in [0.2, 0.25) is 0 Å². The van der Waals surface area contributed by atoms with Crippen molar-refractivity contribution in [3.63, 3.8) is 0 Å². The largest absolute Gasteiger partial charge is 0.478 e. The zero-order chi connectivity index (χ0) is 15.8. The Bertz CT molecular complexity index is 796. The van der Waals surface area contributed by atoms with Gasteiger partial charge in [-0.1, -0.05) is 23.2 Å². The highest BCUT2D eigenvalue weighted by molar-refractivity contribution is 9.10. The van der Waals surface area contributed by atoms with Gasteiger partial charge in [0.05, 0.1) is 21.3 Å². The molecule has 0 unspecified atom stereocenters. The van der Waals surface area contributed by atoms with Crippen LogP contribution in [0.3, 0.4) is 0 Å². The van der Waals surface area contributed by atoms with Crippen LogP contribution in [0.2, 0.25) is 10.0 Å². The molecule has 0 fully saturated rings. The van der Waals surface area contributed by atoms with Crippen molar-refractivity contribution in [1.29, 1.82) is 0 Å². The van der Waals surface area contributed by atoms with E-state index in [1.54, 1.807) is 11.4 Å².